The summed E-state index contributed by atoms with van der Waals surface area (Å²) in [5.74, 6) is -2.10. The van der Waals surface area contributed by atoms with Gasteiger partial charge in [-0.15, -0.1) is 11.3 Å². The molecule has 2 aromatic heterocycles. The predicted molar refractivity (Wildman–Crippen MR) is 221 cm³/mol. The zero-order valence-electron chi connectivity index (χ0n) is 33.4. The van der Waals surface area contributed by atoms with Crippen LogP contribution in [0.15, 0.2) is 73.1 Å². The monoisotopic (exact) mass is 844 g/mol. The second-order valence-electron chi connectivity index (χ2n) is 16.7. The number of ketones is 1. The quantitative estimate of drug-likeness (QED) is 0.0957. The first-order chi connectivity index (χ1) is 28.3. The smallest absolute Gasteiger partial charge is 0.355 e. The minimum atomic E-state index is -4.44. The van der Waals surface area contributed by atoms with Crippen LogP contribution in [0.1, 0.15) is 92.2 Å². The van der Waals surface area contributed by atoms with Gasteiger partial charge in [-0.1, -0.05) is 38.1 Å². The summed E-state index contributed by atoms with van der Waals surface area (Å²) >= 11 is 1.20. The van der Waals surface area contributed by atoms with Crippen LogP contribution in [-0.4, -0.2) is 93.7 Å². The van der Waals surface area contributed by atoms with Crippen molar-refractivity contribution in [1.82, 2.24) is 30.2 Å². The molecule has 2 aromatic carbocycles. The van der Waals surface area contributed by atoms with Crippen LogP contribution in [0.2, 0.25) is 0 Å². The number of ether oxygens (including phenoxy) is 1. The number of para-hydroxylation sites is 1. The summed E-state index contributed by atoms with van der Waals surface area (Å²) in [5, 5.41) is 6.17. The maximum Gasteiger partial charge on any atom is 0.355 e. The number of rotatable bonds is 15. The minimum absolute atomic E-state index is 0.0164. The molecule has 312 valence electrons. The van der Waals surface area contributed by atoms with E-state index in [4.69, 9.17) is 9.26 Å². The Bertz CT molecular complexity index is 2260. The number of Topliss-reactive ketones (excluding diaryl/α,β-unsaturated/α-hetero) is 1. The molecule has 0 radical (unpaired) electrons. The zero-order chi connectivity index (χ0) is 41.5. The predicted octanol–water partition coefficient (Wildman–Crippen LogP) is 6.81. The number of esters is 1. The van der Waals surface area contributed by atoms with Gasteiger partial charge in [-0.25, -0.2) is 19.4 Å². The molecule has 1 saturated carbocycles. The Balaban J connectivity index is 0.971. The second-order valence-corrected chi connectivity index (χ2v) is 19.9. The molecule has 16 heteroatoms. The fourth-order valence-corrected chi connectivity index (χ4v) is 11.8. The van der Waals surface area contributed by atoms with Gasteiger partial charge in [-0.05, 0) is 104 Å². The van der Waals surface area contributed by atoms with Crippen molar-refractivity contribution >= 4 is 52.5 Å². The van der Waals surface area contributed by atoms with Crippen molar-refractivity contribution in [2.75, 3.05) is 26.2 Å². The van der Waals surface area contributed by atoms with Crippen LogP contribution < -0.4 is 14.9 Å². The largest absolute Gasteiger partial charge is 0.465 e. The molecular weight excluding hydrogens is 795 g/mol. The molecule has 2 amide bonds. The number of hydrogen-bond donors (Lipinski definition) is 2. The molecule has 4 fully saturated rings. The van der Waals surface area contributed by atoms with Crippen LogP contribution in [0.3, 0.4) is 0 Å². The highest BCUT2D eigenvalue weighted by Crippen LogP contribution is 2.60. The van der Waals surface area contributed by atoms with Gasteiger partial charge in [0, 0.05) is 42.1 Å². The third-order valence-corrected chi connectivity index (χ3v) is 15.5. The average molecular weight is 845 g/mol. The zero-order valence-corrected chi connectivity index (χ0v) is 35.1. The number of alkyl halides is 1. The fraction of sp³-hybridized carbons (Fsp3) is 0.488. The summed E-state index contributed by atoms with van der Waals surface area (Å²) in [6.07, 6.45) is 7.69. The molecule has 0 spiro atoms. The number of amides is 2. The molecule has 4 aliphatic rings. The second kappa shape index (κ2) is 16.8. The third-order valence-electron chi connectivity index (χ3n) is 12.3. The highest BCUT2D eigenvalue weighted by atomic mass is 32.1. The number of carbonyl (C=O) groups excluding carboxylic acids is 4. The first-order valence-corrected chi connectivity index (χ1v) is 23.0. The van der Waals surface area contributed by atoms with Crippen molar-refractivity contribution in [1.29, 1.82) is 0 Å². The summed E-state index contributed by atoms with van der Waals surface area (Å²) in [5.41, 5.74) is 0.0813. The Morgan fingerprint density at radius 3 is 2.56 bits per heavy atom. The Hall–Kier alpha value is -4.56. The van der Waals surface area contributed by atoms with E-state index in [2.05, 4.69) is 32.2 Å². The minimum Gasteiger partial charge on any atom is -0.465 e. The molecular formula is C43H50FN6O7PS. The molecule has 0 bridgehead atoms. The number of nitrogens with zero attached hydrogens (tertiary/aromatic N) is 4. The van der Waals surface area contributed by atoms with Crippen LogP contribution >= 0.6 is 18.9 Å². The van der Waals surface area contributed by atoms with Crippen LogP contribution in [-0.2, 0) is 23.7 Å². The van der Waals surface area contributed by atoms with Crippen molar-refractivity contribution in [3.8, 4) is 5.75 Å². The summed E-state index contributed by atoms with van der Waals surface area (Å²) in [7, 11) is -4.44. The standard InChI is InChI=1S/C43H50FN6O7PS/c1-4-17-56-42(54)26(2)48-58(55,57-32-9-6-5-7-10-32)38(44)27-11-14-36-28(18-27)19-37(59-36)40(52)47-33-20-30-21-43(30,3)22-31-12-13-34(50(31)41(33)53)35(51)25-49-23-29(24-49)39-45-15-8-16-46-39/h5-11,14-16,18-19,26,29-31,33-34,38H,4,12-13,17,20-25H2,1-3H3,(H,47,52)(H,48,55)/t26-,30+,31+,33-,34-,38?,43?,58?/m0/s1. The number of carbonyl (C=O) groups is 4. The van der Waals surface area contributed by atoms with Crippen LogP contribution in [0.5, 0.6) is 5.75 Å². The molecule has 4 aromatic rings. The van der Waals surface area contributed by atoms with Gasteiger partial charge in [-0.3, -0.25) is 28.6 Å². The molecule has 2 N–H and O–H groups in total. The van der Waals surface area contributed by atoms with E-state index in [1.165, 1.54) is 30.4 Å². The maximum atomic E-state index is 16.6. The fourth-order valence-electron chi connectivity index (χ4n) is 8.96. The van der Waals surface area contributed by atoms with Gasteiger partial charge >= 0.3 is 13.5 Å². The van der Waals surface area contributed by atoms with Gasteiger partial charge in [0.05, 0.1) is 24.1 Å². The van der Waals surface area contributed by atoms with Crippen LogP contribution in [0, 0.1) is 11.3 Å². The molecule has 8 atom stereocenters. The van der Waals surface area contributed by atoms with Gasteiger partial charge in [0.25, 0.3) is 5.91 Å². The molecule has 8 rings (SSSR count). The Morgan fingerprint density at radius 2 is 1.81 bits per heavy atom. The lowest BCUT2D eigenvalue weighted by Gasteiger charge is -2.40. The number of benzene rings is 2. The van der Waals surface area contributed by atoms with Crippen molar-refractivity contribution < 1.29 is 37.4 Å². The number of likely N-dealkylation sites (tertiary alicyclic amines) is 1. The first kappa shape index (κ1) is 41.2. The SMILES string of the molecule is CCCOC(=O)[C@H](C)NP(=O)(Oc1ccccc1)C(F)c1ccc2sc(C(=O)N[C@H]3C[C@@H]4CC4(C)C[C@H]4CC[C@@H](C(=O)CN5CC(c6ncccn6)C5)N4C3=O)cc2c1. The topological polar surface area (TPSA) is 160 Å². The van der Waals surface area contributed by atoms with Crippen molar-refractivity contribution in [2.24, 2.45) is 11.3 Å². The van der Waals surface area contributed by atoms with E-state index in [1.807, 2.05) is 6.92 Å². The molecule has 13 nitrogen and oxygen atoms in total. The van der Waals surface area contributed by atoms with Crippen molar-refractivity contribution in [3.63, 3.8) is 0 Å². The number of nitrogens with one attached hydrogen (secondary N) is 2. The molecule has 59 heavy (non-hydrogen) atoms. The van der Waals surface area contributed by atoms with E-state index in [0.29, 0.717) is 47.3 Å². The first-order valence-electron chi connectivity index (χ1n) is 20.5. The van der Waals surface area contributed by atoms with Gasteiger partial charge < -0.3 is 19.5 Å². The normalized spacial score (nSPS) is 26.3. The summed E-state index contributed by atoms with van der Waals surface area (Å²) in [6.45, 7) is 7.32. The van der Waals surface area contributed by atoms with Crippen LogP contribution in [0.4, 0.5) is 4.39 Å². The number of hydrogen-bond acceptors (Lipinski definition) is 11. The average Bonchev–Trinajstić information content (AvgIpc) is 3.48. The lowest BCUT2D eigenvalue weighted by molar-refractivity contribution is -0.145. The van der Waals surface area contributed by atoms with E-state index in [0.717, 1.165) is 25.1 Å². The summed E-state index contributed by atoms with van der Waals surface area (Å²) in [4.78, 5) is 67.8. The van der Waals surface area contributed by atoms with E-state index < -0.39 is 43.4 Å². The summed E-state index contributed by atoms with van der Waals surface area (Å²) in [6, 6.07) is 13.7. The number of fused-ring (bicyclic) bond motifs is 3. The lowest BCUT2D eigenvalue weighted by Crippen LogP contribution is -2.57. The molecule has 5 heterocycles. The van der Waals surface area contributed by atoms with Crippen molar-refractivity contribution in [3.05, 3.63) is 89.3 Å². The number of aromatic nitrogens is 2. The van der Waals surface area contributed by atoms with Gasteiger partial charge in [-0.2, -0.15) is 0 Å². The molecule has 3 aliphatic heterocycles. The molecule has 1 aliphatic carbocycles. The van der Waals surface area contributed by atoms with Crippen LogP contribution in [0.25, 0.3) is 10.1 Å². The van der Waals surface area contributed by atoms with Crippen molar-refractivity contribution in [2.45, 2.75) is 95.3 Å². The maximum absolute atomic E-state index is 16.6. The lowest BCUT2D eigenvalue weighted by atomic mass is 9.90. The highest BCUT2D eigenvalue weighted by molar-refractivity contribution is 7.57. The van der Waals surface area contributed by atoms with E-state index in [9.17, 15) is 23.7 Å². The third kappa shape index (κ3) is 8.71. The Kier molecular flexibility index (Phi) is 11.7. The number of thiophene rings is 1. The Morgan fingerprint density at radius 1 is 1.05 bits per heavy atom. The molecule has 3 saturated heterocycles. The Labute approximate surface area is 346 Å². The van der Waals surface area contributed by atoms with Gasteiger partial charge in [0.2, 0.25) is 11.8 Å². The van der Waals surface area contributed by atoms with Gasteiger partial charge in [0.15, 0.2) is 5.78 Å². The van der Waals surface area contributed by atoms with Gasteiger partial charge in [0.1, 0.15) is 23.7 Å². The molecule has 3 unspecified atom stereocenters. The van der Waals surface area contributed by atoms with E-state index >= 15 is 4.39 Å². The van der Waals surface area contributed by atoms with E-state index in [1.54, 1.807) is 65.8 Å². The highest BCUT2D eigenvalue weighted by Gasteiger charge is 2.57. The number of halogens is 1. The summed E-state index contributed by atoms with van der Waals surface area (Å²) < 4.78 is 42.5. The van der Waals surface area contributed by atoms with E-state index in [-0.39, 0.29) is 59.4 Å².